The first-order valence-electron chi connectivity index (χ1n) is 8.06. The van der Waals surface area contributed by atoms with Crippen molar-refractivity contribution in [2.45, 2.75) is 11.8 Å². The molecule has 0 aromatic heterocycles. The molecule has 6 nitrogen and oxygen atoms in total. The molecule has 1 aliphatic rings. The highest BCUT2D eigenvalue weighted by Crippen LogP contribution is 2.50. The zero-order valence-electron chi connectivity index (χ0n) is 14.7. The number of alkyl halides is 3. The topological polar surface area (TPSA) is 70.1 Å². The van der Waals surface area contributed by atoms with Gasteiger partial charge in [-0.25, -0.2) is 14.0 Å². The summed E-state index contributed by atoms with van der Waals surface area (Å²) in [6.07, 6.45) is -8.27. The highest BCUT2D eigenvalue weighted by atomic mass is 35.5. The third-order valence-electron chi connectivity index (χ3n) is 4.50. The predicted octanol–water partition coefficient (Wildman–Crippen LogP) is 5.01. The molecule has 1 unspecified atom stereocenters. The monoisotopic (exact) mass is 432 g/mol. The molecule has 11 heteroatoms. The van der Waals surface area contributed by atoms with E-state index in [0.717, 1.165) is 35.2 Å². The number of anilines is 2. The first-order valence-corrected chi connectivity index (χ1v) is 8.43. The molecular formula is C18H13ClF4N2O4. The van der Waals surface area contributed by atoms with Gasteiger partial charge in [0.1, 0.15) is 5.82 Å². The molecule has 1 aliphatic heterocycles. The van der Waals surface area contributed by atoms with E-state index in [2.05, 4.69) is 0 Å². The predicted molar refractivity (Wildman–Crippen MR) is 95.8 cm³/mol. The molecule has 0 fully saturated rings. The number of amides is 2. The summed E-state index contributed by atoms with van der Waals surface area (Å²) in [5.41, 5.74) is -4.22. The Morgan fingerprint density at radius 2 is 1.86 bits per heavy atom. The molecule has 2 aromatic rings. The SMILES string of the molecule is CN1C(=O)OC(CN(C(=O)O)c2ccc(F)cc2)(C(F)(F)F)c2cc(Cl)ccc21. The van der Waals surface area contributed by atoms with Crippen LogP contribution in [-0.4, -0.2) is 37.1 Å². The average Bonchev–Trinajstić information content (AvgIpc) is 2.63. The van der Waals surface area contributed by atoms with Crippen molar-refractivity contribution in [2.24, 2.45) is 0 Å². The van der Waals surface area contributed by atoms with Gasteiger partial charge in [0, 0.05) is 23.3 Å². The molecule has 154 valence electrons. The van der Waals surface area contributed by atoms with Crippen LogP contribution in [0.5, 0.6) is 0 Å². The van der Waals surface area contributed by atoms with E-state index in [0.29, 0.717) is 4.90 Å². The maximum atomic E-state index is 14.3. The van der Waals surface area contributed by atoms with Crippen LogP contribution >= 0.6 is 11.6 Å². The Morgan fingerprint density at radius 1 is 1.24 bits per heavy atom. The average molecular weight is 433 g/mol. The fourth-order valence-corrected chi connectivity index (χ4v) is 3.20. The van der Waals surface area contributed by atoms with Crippen molar-refractivity contribution < 1.29 is 37.0 Å². The number of fused-ring (bicyclic) bond motifs is 1. The molecule has 1 N–H and O–H groups in total. The van der Waals surface area contributed by atoms with E-state index in [1.807, 2.05) is 0 Å². The lowest BCUT2D eigenvalue weighted by Gasteiger charge is -2.43. The van der Waals surface area contributed by atoms with Gasteiger partial charge in [0.2, 0.25) is 0 Å². The normalized spacial score (nSPS) is 18.8. The second kappa shape index (κ2) is 7.11. The molecule has 1 heterocycles. The van der Waals surface area contributed by atoms with Crippen LogP contribution in [0.4, 0.5) is 38.5 Å². The van der Waals surface area contributed by atoms with Gasteiger partial charge in [0.25, 0.3) is 5.60 Å². The van der Waals surface area contributed by atoms with Crippen LogP contribution in [-0.2, 0) is 10.3 Å². The van der Waals surface area contributed by atoms with E-state index in [9.17, 15) is 32.3 Å². The van der Waals surface area contributed by atoms with E-state index < -0.39 is 41.9 Å². The summed E-state index contributed by atoms with van der Waals surface area (Å²) in [5.74, 6) is -0.701. The van der Waals surface area contributed by atoms with Crippen molar-refractivity contribution in [3.8, 4) is 0 Å². The highest BCUT2D eigenvalue weighted by molar-refractivity contribution is 6.30. The zero-order valence-corrected chi connectivity index (χ0v) is 15.5. The molecule has 1 atom stereocenters. The molecule has 0 spiro atoms. The van der Waals surface area contributed by atoms with Crippen LogP contribution in [0.15, 0.2) is 42.5 Å². The minimum Gasteiger partial charge on any atom is -0.465 e. The third-order valence-corrected chi connectivity index (χ3v) is 4.73. The van der Waals surface area contributed by atoms with Gasteiger partial charge in [0.15, 0.2) is 0 Å². The smallest absolute Gasteiger partial charge is 0.434 e. The Balaban J connectivity index is 2.21. The fourth-order valence-electron chi connectivity index (χ4n) is 3.03. The summed E-state index contributed by atoms with van der Waals surface area (Å²) in [6, 6.07) is 7.28. The van der Waals surface area contributed by atoms with Gasteiger partial charge in [-0.2, -0.15) is 13.2 Å². The molecule has 0 bridgehead atoms. The maximum absolute atomic E-state index is 14.3. The Hall–Kier alpha value is -3.01. The lowest BCUT2D eigenvalue weighted by molar-refractivity contribution is -0.261. The van der Waals surface area contributed by atoms with Crippen molar-refractivity contribution in [3.63, 3.8) is 0 Å². The number of rotatable bonds is 3. The van der Waals surface area contributed by atoms with Gasteiger partial charge in [-0.3, -0.25) is 9.80 Å². The molecule has 2 aromatic carbocycles. The molecular weight excluding hydrogens is 420 g/mol. The van der Waals surface area contributed by atoms with Gasteiger partial charge < -0.3 is 9.84 Å². The minimum absolute atomic E-state index is 0.0626. The van der Waals surface area contributed by atoms with Gasteiger partial charge in [-0.1, -0.05) is 11.6 Å². The van der Waals surface area contributed by atoms with Gasteiger partial charge in [-0.15, -0.1) is 0 Å². The zero-order chi connectivity index (χ0) is 21.6. The summed E-state index contributed by atoms with van der Waals surface area (Å²) in [5, 5.41) is 9.45. The molecule has 2 amide bonds. The largest absolute Gasteiger partial charge is 0.465 e. The number of nitrogens with zero attached hydrogens (tertiary/aromatic N) is 2. The first-order chi connectivity index (χ1) is 13.5. The van der Waals surface area contributed by atoms with E-state index in [4.69, 9.17) is 16.3 Å². The van der Waals surface area contributed by atoms with E-state index >= 15 is 0 Å². The Bertz CT molecular complexity index is 967. The standard InChI is InChI=1S/C18H13ClF4N2O4/c1-24-14-7-2-10(19)8-13(14)17(18(21,22)23,29-16(24)28)9-25(15(26)27)12-5-3-11(20)4-6-12/h2-8H,9H2,1H3,(H,26,27). The number of carboxylic acid groups (broad SMARTS) is 1. The molecule has 0 saturated heterocycles. The molecule has 0 aliphatic carbocycles. The number of ether oxygens (including phenoxy) is 1. The van der Waals surface area contributed by atoms with E-state index in [1.54, 1.807) is 0 Å². The second-order valence-corrected chi connectivity index (χ2v) is 6.69. The van der Waals surface area contributed by atoms with Crippen LogP contribution in [0.1, 0.15) is 5.56 Å². The summed E-state index contributed by atoms with van der Waals surface area (Å²) in [4.78, 5) is 25.1. The number of benzene rings is 2. The lowest BCUT2D eigenvalue weighted by Crippen LogP contribution is -2.59. The van der Waals surface area contributed by atoms with Gasteiger partial charge in [0.05, 0.1) is 12.2 Å². The quantitative estimate of drug-likeness (QED) is 0.692. The molecule has 0 saturated carbocycles. The summed E-state index contributed by atoms with van der Waals surface area (Å²) in [6.45, 7) is -1.32. The van der Waals surface area contributed by atoms with Crippen molar-refractivity contribution >= 4 is 35.2 Å². The number of halogens is 5. The van der Waals surface area contributed by atoms with Crippen LogP contribution < -0.4 is 9.80 Å². The summed E-state index contributed by atoms with van der Waals surface area (Å²) < 4.78 is 60.8. The second-order valence-electron chi connectivity index (χ2n) is 6.26. The van der Waals surface area contributed by atoms with Gasteiger partial charge in [-0.05, 0) is 42.5 Å². The third kappa shape index (κ3) is 3.55. The van der Waals surface area contributed by atoms with E-state index in [-0.39, 0.29) is 16.4 Å². The Morgan fingerprint density at radius 3 is 2.41 bits per heavy atom. The number of carbonyl (C=O) groups excluding carboxylic acids is 1. The molecule has 3 rings (SSSR count). The van der Waals surface area contributed by atoms with Crippen LogP contribution in [0.2, 0.25) is 5.02 Å². The Kier molecular flexibility index (Phi) is 5.08. The molecule has 29 heavy (non-hydrogen) atoms. The lowest BCUT2D eigenvalue weighted by atomic mass is 9.88. The first kappa shape index (κ1) is 20.7. The number of carbonyl (C=O) groups is 2. The van der Waals surface area contributed by atoms with E-state index in [1.165, 1.54) is 19.2 Å². The van der Waals surface area contributed by atoms with Gasteiger partial charge >= 0.3 is 18.4 Å². The maximum Gasteiger partial charge on any atom is 0.434 e. The van der Waals surface area contributed by atoms with Crippen molar-refractivity contribution in [1.82, 2.24) is 0 Å². The fraction of sp³-hybridized carbons (Fsp3) is 0.222. The number of cyclic esters (lactones) is 1. The molecule has 0 radical (unpaired) electrons. The number of hydrogen-bond acceptors (Lipinski definition) is 3. The van der Waals surface area contributed by atoms with Crippen LogP contribution in [0, 0.1) is 5.82 Å². The summed E-state index contributed by atoms with van der Waals surface area (Å²) in [7, 11) is 1.21. The minimum atomic E-state index is -5.20. The highest BCUT2D eigenvalue weighted by Gasteiger charge is 2.64. The van der Waals surface area contributed by atoms with Crippen LogP contribution in [0.25, 0.3) is 0 Å². The summed E-state index contributed by atoms with van der Waals surface area (Å²) >= 11 is 5.87. The number of hydrogen-bond donors (Lipinski definition) is 1. The van der Waals surface area contributed by atoms with Crippen molar-refractivity contribution in [2.75, 3.05) is 23.4 Å². The Labute approximate surface area is 166 Å². The van der Waals surface area contributed by atoms with Crippen molar-refractivity contribution in [1.29, 1.82) is 0 Å². The van der Waals surface area contributed by atoms with Crippen LogP contribution in [0.3, 0.4) is 0 Å². The van der Waals surface area contributed by atoms with Crippen molar-refractivity contribution in [3.05, 3.63) is 58.9 Å².